The molecule has 0 atom stereocenters. The van der Waals surface area contributed by atoms with E-state index in [0.717, 1.165) is 12.8 Å². The Morgan fingerprint density at radius 2 is 2.12 bits per heavy atom. The SMILES string of the molecule is CCn1c(N)c(NCC2(C)CC2)c(=O)[nH]c1=O. The van der Waals surface area contributed by atoms with Gasteiger partial charge in [0.2, 0.25) is 0 Å². The maximum atomic E-state index is 11.7. The summed E-state index contributed by atoms with van der Waals surface area (Å²) in [6.45, 7) is 5.11. The Kier molecular flexibility index (Phi) is 2.73. The minimum Gasteiger partial charge on any atom is -0.383 e. The Balaban J connectivity index is 2.32. The molecule has 0 radical (unpaired) electrons. The fraction of sp³-hybridized carbons (Fsp3) is 0.636. The van der Waals surface area contributed by atoms with Gasteiger partial charge in [-0.05, 0) is 25.2 Å². The number of nitrogen functional groups attached to an aromatic ring is 1. The first-order chi connectivity index (χ1) is 7.97. The second-order valence-electron chi connectivity index (χ2n) is 4.93. The quantitative estimate of drug-likeness (QED) is 0.705. The molecule has 0 amide bonds. The first kappa shape index (κ1) is 11.8. The van der Waals surface area contributed by atoms with E-state index in [1.807, 2.05) is 6.92 Å². The number of hydrogen-bond donors (Lipinski definition) is 3. The summed E-state index contributed by atoms with van der Waals surface area (Å²) in [7, 11) is 0. The van der Waals surface area contributed by atoms with E-state index in [9.17, 15) is 9.59 Å². The Morgan fingerprint density at radius 3 is 2.65 bits per heavy atom. The number of rotatable bonds is 4. The molecule has 0 spiro atoms. The lowest BCUT2D eigenvalue weighted by Crippen LogP contribution is -2.34. The van der Waals surface area contributed by atoms with Gasteiger partial charge >= 0.3 is 5.69 Å². The third-order valence-corrected chi connectivity index (χ3v) is 3.35. The van der Waals surface area contributed by atoms with E-state index >= 15 is 0 Å². The highest BCUT2D eigenvalue weighted by atomic mass is 16.2. The minimum absolute atomic E-state index is 0.213. The number of anilines is 2. The maximum absolute atomic E-state index is 11.7. The van der Waals surface area contributed by atoms with Crippen molar-refractivity contribution in [2.75, 3.05) is 17.6 Å². The number of aromatic nitrogens is 2. The van der Waals surface area contributed by atoms with Crippen molar-refractivity contribution >= 4 is 11.5 Å². The fourth-order valence-corrected chi connectivity index (χ4v) is 1.76. The van der Waals surface area contributed by atoms with Gasteiger partial charge in [-0.3, -0.25) is 14.3 Å². The van der Waals surface area contributed by atoms with Gasteiger partial charge in [0.25, 0.3) is 5.56 Å². The molecule has 6 heteroatoms. The van der Waals surface area contributed by atoms with E-state index < -0.39 is 11.2 Å². The van der Waals surface area contributed by atoms with Gasteiger partial charge in [0.15, 0.2) is 0 Å². The van der Waals surface area contributed by atoms with Gasteiger partial charge in [0.05, 0.1) is 0 Å². The Morgan fingerprint density at radius 1 is 1.47 bits per heavy atom. The van der Waals surface area contributed by atoms with Crippen LogP contribution in [0, 0.1) is 5.41 Å². The molecule has 1 aromatic heterocycles. The van der Waals surface area contributed by atoms with Crippen LogP contribution in [0.1, 0.15) is 26.7 Å². The predicted octanol–water partition coefficient (Wildman–Crippen LogP) is 0.351. The highest BCUT2D eigenvalue weighted by Gasteiger charge is 2.37. The normalized spacial score (nSPS) is 16.8. The van der Waals surface area contributed by atoms with Crippen LogP contribution >= 0.6 is 0 Å². The lowest BCUT2D eigenvalue weighted by atomic mass is 10.1. The molecule has 0 aromatic carbocycles. The van der Waals surface area contributed by atoms with Crippen molar-refractivity contribution in [3.05, 3.63) is 20.8 Å². The molecule has 0 aliphatic heterocycles. The zero-order valence-electron chi connectivity index (χ0n) is 10.2. The first-order valence-electron chi connectivity index (χ1n) is 5.83. The number of H-pyrrole nitrogens is 1. The Bertz CT molecular complexity index is 539. The summed E-state index contributed by atoms with van der Waals surface area (Å²) in [4.78, 5) is 25.4. The Hall–Kier alpha value is -1.72. The summed E-state index contributed by atoms with van der Waals surface area (Å²) in [6.07, 6.45) is 2.32. The van der Waals surface area contributed by atoms with E-state index in [2.05, 4.69) is 17.2 Å². The summed E-state index contributed by atoms with van der Waals surface area (Å²) in [5.74, 6) is 0.213. The lowest BCUT2D eigenvalue weighted by Gasteiger charge is -2.14. The third kappa shape index (κ3) is 2.20. The summed E-state index contributed by atoms with van der Waals surface area (Å²) in [5.41, 5.74) is 5.50. The van der Waals surface area contributed by atoms with Gasteiger partial charge in [0.1, 0.15) is 11.5 Å². The smallest absolute Gasteiger partial charge is 0.330 e. The molecule has 4 N–H and O–H groups in total. The second-order valence-corrected chi connectivity index (χ2v) is 4.93. The van der Waals surface area contributed by atoms with Gasteiger partial charge in [-0.1, -0.05) is 6.92 Å². The van der Waals surface area contributed by atoms with E-state index in [4.69, 9.17) is 5.73 Å². The van der Waals surface area contributed by atoms with Crippen LogP contribution in [0.15, 0.2) is 9.59 Å². The maximum Gasteiger partial charge on any atom is 0.330 e. The van der Waals surface area contributed by atoms with Crippen LogP contribution in [-0.2, 0) is 6.54 Å². The number of nitrogens with one attached hydrogen (secondary N) is 2. The van der Waals surface area contributed by atoms with Gasteiger partial charge in [-0.25, -0.2) is 4.79 Å². The van der Waals surface area contributed by atoms with Crippen LogP contribution in [0.4, 0.5) is 11.5 Å². The summed E-state index contributed by atoms with van der Waals surface area (Å²) in [6, 6.07) is 0. The van der Waals surface area contributed by atoms with Crippen molar-refractivity contribution in [1.82, 2.24) is 9.55 Å². The zero-order chi connectivity index (χ0) is 12.6. The third-order valence-electron chi connectivity index (χ3n) is 3.35. The van der Waals surface area contributed by atoms with Crippen molar-refractivity contribution in [3.63, 3.8) is 0 Å². The van der Waals surface area contributed by atoms with Crippen molar-refractivity contribution in [2.45, 2.75) is 33.2 Å². The largest absolute Gasteiger partial charge is 0.383 e. The summed E-state index contributed by atoms with van der Waals surface area (Å²) in [5, 5.41) is 3.06. The molecule has 1 heterocycles. The Labute approximate surface area is 98.8 Å². The molecule has 17 heavy (non-hydrogen) atoms. The van der Waals surface area contributed by atoms with Gasteiger partial charge in [-0.2, -0.15) is 0 Å². The molecule has 2 rings (SSSR count). The monoisotopic (exact) mass is 238 g/mol. The van der Waals surface area contributed by atoms with Gasteiger partial charge < -0.3 is 11.1 Å². The number of nitrogens with zero attached hydrogens (tertiary/aromatic N) is 1. The molecule has 6 nitrogen and oxygen atoms in total. The predicted molar refractivity (Wildman–Crippen MR) is 67.2 cm³/mol. The minimum atomic E-state index is -0.460. The number of nitrogens with two attached hydrogens (primary N) is 1. The van der Waals surface area contributed by atoms with Crippen LogP contribution < -0.4 is 22.3 Å². The summed E-state index contributed by atoms with van der Waals surface area (Å²) >= 11 is 0. The molecule has 0 saturated heterocycles. The van der Waals surface area contributed by atoms with E-state index in [1.165, 1.54) is 4.57 Å². The highest BCUT2D eigenvalue weighted by Crippen LogP contribution is 2.44. The zero-order valence-corrected chi connectivity index (χ0v) is 10.2. The van der Waals surface area contributed by atoms with Crippen LogP contribution in [0.25, 0.3) is 0 Å². The number of hydrogen-bond acceptors (Lipinski definition) is 4. The standard InChI is InChI=1S/C11H18N4O2/c1-3-15-8(12)7(9(16)14-10(15)17)13-6-11(2)4-5-11/h13H,3-6,12H2,1-2H3,(H,14,16,17). The van der Waals surface area contributed by atoms with Crippen molar-refractivity contribution in [3.8, 4) is 0 Å². The van der Waals surface area contributed by atoms with Crippen molar-refractivity contribution < 1.29 is 0 Å². The molecule has 1 aromatic rings. The average molecular weight is 238 g/mol. The molecule has 1 aliphatic rings. The van der Waals surface area contributed by atoms with E-state index in [-0.39, 0.29) is 11.2 Å². The molecular weight excluding hydrogens is 220 g/mol. The van der Waals surface area contributed by atoms with E-state index in [0.29, 0.717) is 18.8 Å². The van der Waals surface area contributed by atoms with Crippen LogP contribution in [0.5, 0.6) is 0 Å². The number of aromatic amines is 1. The van der Waals surface area contributed by atoms with Gasteiger partial charge in [-0.15, -0.1) is 0 Å². The van der Waals surface area contributed by atoms with Crippen LogP contribution in [-0.4, -0.2) is 16.1 Å². The molecule has 1 fully saturated rings. The van der Waals surface area contributed by atoms with E-state index in [1.54, 1.807) is 0 Å². The summed E-state index contributed by atoms with van der Waals surface area (Å²) < 4.78 is 1.35. The molecule has 1 saturated carbocycles. The topological polar surface area (TPSA) is 92.9 Å². The van der Waals surface area contributed by atoms with Crippen molar-refractivity contribution in [1.29, 1.82) is 0 Å². The lowest BCUT2D eigenvalue weighted by molar-refractivity contribution is 0.608. The van der Waals surface area contributed by atoms with Gasteiger partial charge in [0, 0.05) is 13.1 Å². The fourth-order valence-electron chi connectivity index (χ4n) is 1.76. The molecule has 0 bridgehead atoms. The van der Waals surface area contributed by atoms with Crippen LogP contribution in [0.2, 0.25) is 0 Å². The molecule has 94 valence electrons. The molecular formula is C11H18N4O2. The second kappa shape index (κ2) is 3.94. The van der Waals surface area contributed by atoms with Crippen LogP contribution in [0.3, 0.4) is 0 Å². The molecule has 0 unspecified atom stereocenters. The molecule has 1 aliphatic carbocycles. The first-order valence-corrected chi connectivity index (χ1v) is 5.83. The van der Waals surface area contributed by atoms with Crippen molar-refractivity contribution in [2.24, 2.45) is 5.41 Å². The average Bonchev–Trinajstić information content (AvgIpc) is 2.96. The highest BCUT2D eigenvalue weighted by molar-refractivity contribution is 5.60.